The fourth-order valence-corrected chi connectivity index (χ4v) is 4.88. The maximum Gasteiger partial charge on any atom is 0.224 e. The summed E-state index contributed by atoms with van der Waals surface area (Å²) in [5, 5.41) is 0. The molecule has 39 heavy (non-hydrogen) atoms. The van der Waals surface area contributed by atoms with Gasteiger partial charge in [-0.25, -0.2) is 0 Å². The van der Waals surface area contributed by atoms with Gasteiger partial charge < -0.3 is 9.64 Å². The van der Waals surface area contributed by atoms with Crippen LogP contribution in [0.3, 0.4) is 0 Å². The Labute approximate surface area is 233 Å². The molecule has 4 rings (SSSR count). The lowest BCUT2D eigenvalue weighted by Gasteiger charge is -2.35. The molecule has 0 heterocycles. The molecule has 1 amide bonds. The largest absolute Gasteiger partial charge is 0.367 e. The van der Waals surface area contributed by atoms with Crippen LogP contribution in [-0.4, -0.2) is 34.8 Å². The number of carbonyl (C=O) groups is 1. The van der Waals surface area contributed by atoms with Gasteiger partial charge in [-0.3, -0.25) is 9.69 Å². The smallest absolute Gasteiger partial charge is 0.224 e. The van der Waals surface area contributed by atoms with Crippen molar-refractivity contribution >= 4 is 5.91 Å². The van der Waals surface area contributed by atoms with Crippen LogP contribution in [0.1, 0.15) is 48.6 Å². The van der Waals surface area contributed by atoms with Gasteiger partial charge in [-0.05, 0) is 36.1 Å². The van der Waals surface area contributed by atoms with E-state index in [-0.39, 0.29) is 24.1 Å². The Morgan fingerprint density at radius 2 is 1.10 bits per heavy atom. The van der Waals surface area contributed by atoms with Gasteiger partial charge in [0.05, 0.1) is 12.6 Å². The van der Waals surface area contributed by atoms with Gasteiger partial charge in [0.1, 0.15) is 6.10 Å². The molecule has 0 saturated heterocycles. The van der Waals surface area contributed by atoms with E-state index >= 15 is 0 Å². The number of amides is 1. The van der Waals surface area contributed by atoms with Crippen LogP contribution < -0.4 is 0 Å². The molecule has 202 valence electrons. The Bertz CT molecular complexity index is 1210. The molecular weight excluding hydrogens is 480 g/mol. The molecule has 0 unspecified atom stereocenters. The third-order valence-electron chi connectivity index (χ3n) is 7.39. The molecule has 4 heteroatoms. The first kappa shape index (κ1) is 28.3. The maximum atomic E-state index is 13.7. The molecule has 0 spiro atoms. The van der Waals surface area contributed by atoms with Crippen LogP contribution in [0.15, 0.2) is 121 Å². The van der Waals surface area contributed by atoms with Gasteiger partial charge in [0.15, 0.2) is 0 Å². The highest BCUT2D eigenvalue weighted by molar-refractivity contribution is 5.77. The Hall–Kier alpha value is -3.73. The minimum atomic E-state index is -0.236. The second kappa shape index (κ2) is 14.4. The molecule has 0 aliphatic rings. The highest BCUT2D eigenvalue weighted by atomic mass is 16.5. The lowest BCUT2D eigenvalue weighted by molar-refractivity contribution is -0.136. The molecule has 0 aliphatic heterocycles. The van der Waals surface area contributed by atoms with E-state index in [1.165, 1.54) is 11.1 Å². The highest BCUT2D eigenvalue weighted by Gasteiger charge is 2.28. The molecule has 0 radical (unpaired) electrons. The van der Waals surface area contributed by atoms with Crippen molar-refractivity contribution in [2.24, 2.45) is 0 Å². The monoisotopic (exact) mass is 520 g/mol. The number of carbonyl (C=O) groups excluding carboxylic acids is 1. The molecule has 4 aromatic carbocycles. The van der Waals surface area contributed by atoms with Gasteiger partial charge in [0.2, 0.25) is 5.91 Å². The van der Waals surface area contributed by atoms with Crippen LogP contribution in [-0.2, 0) is 29.2 Å². The summed E-state index contributed by atoms with van der Waals surface area (Å²) in [5.74, 6) is 0.116. The van der Waals surface area contributed by atoms with E-state index < -0.39 is 0 Å². The van der Waals surface area contributed by atoms with Gasteiger partial charge >= 0.3 is 0 Å². The molecule has 0 fully saturated rings. The number of hydrogen-bond donors (Lipinski definition) is 0. The summed E-state index contributed by atoms with van der Waals surface area (Å²) >= 11 is 0. The van der Waals surface area contributed by atoms with Crippen LogP contribution in [0.4, 0.5) is 0 Å². The molecule has 0 aliphatic carbocycles. The number of benzene rings is 4. The molecular formula is C35H40N2O2. The quantitative estimate of drug-likeness (QED) is 0.186. The summed E-state index contributed by atoms with van der Waals surface area (Å²) in [6.45, 7) is 6.30. The van der Waals surface area contributed by atoms with Crippen molar-refractivity contribution < 1.29 is 9.53 Å². The van der Waals surface area contributed by atoms with Gasteiger partial charge in [-0.1, -0.05) is 121 Å². The van der Waals surface area contributed by atoms with Crippen molar-refractivity contribution in [2.75, 3.05) is 7.05 Å². The number of ether oxygens (including phenoxy) is 1. The molecule has 4 nitrogen and oxygen atoms in total. The Balaban J connectivity index is 1.46. The van der Waals surface area contributed by atoms with Crippen molar-refractivity contribution in [3.05, 3.63) is 144 Å². The van der Waals surface area contributed by atoms with E-state index in [4.69, 9.17) is 4.74 Å². The number of nitrogens with zero attached hydrogens (tertiary/aromatic N) is 2. The first-order chi connectivity index (χ1) is 19.0. The zero-order chi connectivity index (χ0) is 27.5. The van der Waals surface area contributed by atoms with Crippen molar-refractivity contribution in [3.8, 4) is 0 Å². The fourth-order valence-electron chi connectivity index (χ4n) is 4.88. The maximum absolute atomic E-state index is 13.7. The number of likely N-dealkylation sites (N-methyl/N-ethyl adjacent to an activating group) is 1. The average Bonchev–Trinajstić information content (AvgIpc) is 2.98. The fraction of sp³-hybridized carbons (Fsp3) is 0.286. The van der Waals surface area contributed by atoms with E-state index in [2.05, 4.69) is 91.5 Å². The Morgan fingerprint density at radius 1 is 0.667 bits per heavy atom. The molecule has 0 bridgehead atoms. The van der Waals surface area contributed by atoms with Gasteiger partial charge in [0, 0.05) is 32.6 Å². The van der Waals surface area contributed by atoms with E-state index in [0.29, 0.717) is 13.0 Å². The summed E-state index contributed by atoms with van der Waals surface area (Å²) < 4.78 is 6.45. The topological polar surface area (TPSA) is 32.8 Å². The first-order valence-electron chi connectivity index (χ1n) is 13.8. The summed E-state index contributed by atoms with van der Waals surface area (Å²) in [6.07, 6.45) is 0.196. The summed E-state index contributed by atoms with van der Waals surface area (Å²) in [7, 11) is 1.90. The van der Waals surface area contributed by atoms with Crippen molar-refractivity contribution in [3.63, 3.8) is 0 Å². The van der Waals surface area contributed by atoms with Crippen molar-refractivity contribution in [1.82, 2.24) is 9.80 Å². The third-order valence-corrected chi connectivity index (χ3v) is 7.39. The number of hydrogen-bond acceptors (Lipinski definition) is 3. The lowest BCUT2D eigenvalue weighted by Crippen LogP contribution is -2.43. The van der Waals surface area contributed by atoms with E-state index in [9.17, 15) is 4.79 Å². The normalized spacial score (nSPS) is 13.5. The zero-order valence-electron chi connectivity index (χ0n) is 23.3. The lowest BCUT2D eigenvalue weighted by atomic mass is 10.0. The summed E-state index contributed by atoms with van der Waals surface area (Å²) in [5.41, 5.74) is 4.68. The van der Waals surface area contributed by atoms with Crippen LogP contribution in [0.2, 0.25) is 0 Å². The van der Waals surface area contributed by atoms with Crippen molar-refractivity contribution in [2.45, 2.75) is 58.2 Å². The molecule has 0 saturated carbocycles. The van der Waals surface area contributed by atoms with Gasteiger partial charge in [-0.15, -0.1) is 0 Å². The molecule has 4 aromatic rings. The third kappa shape index (κ3) is 8.38. The second-order valence-corrected chi connectivity index (χ2v) is 10.3. The molecule has 0 N–H and O–H groups in total. The molecule has 0 aromatic heterocycles. The minimum Gasteiger partial charge on any atom is -0.367 e. The predicted molar refractivity (Wildman–Crippen MR) is 159 cm³/mol. The van der Waals surface area contributed by atoms with Crippen LogP contribution >= 0.6 is 0 Å². The van der Waals surface area contributed by atoms with E-state index in [0.717, 1.165) is 24.2 Å². The van der Waals surface area contributed by atoms with Crippen LogP contribution in [0.25, 0.3) is 0 Å². The van der Waals surface area contributed by atoms with E-state index in [1.54, 1.807) is 0 Å². The summed E-state index contributed by atoms with van der Waals surface area (Å²) in [4.78, 5) is 17.9. The highest BCUT2D eigenvalue weighted by Crippen LogP contribution is 2.27. The summed E-state index contributed by atoms with van der Waals surface area (Å²) in [6, 6.07) is 41.3. The van der Waals surface area contributed by atoms with Gasteiger partial charge in [0.25, 0.3) is 0 Å². The second-order valence-electron chi connectivity index (χ2n) is 10.3. The first-order valence-corrected chi connectivity index (χ1v) is 13.8. The SMILES string of the molecule is C[C@H](CC(=O)N(C)[C@@H](C)[C@@H](OCc1ccccc1)c1ccccc1)N(Cc1ccccc1)Cc1ccccc1. The Morgan fingerprint density at radius 3 is 1.59 bits per heavy atom. The zero-order valence-corrected chi connectivity index (χ0v) is 23.3. The number of rotatable bonds is 13. The minimum absolute atomic E-state index is 0.0629. The van der Waals surface area contributed by atoms with Crippen LogP contribution in [0.5, 0.6) is 0 Å². The average molecular weight is 521 g/mol. The van der Waals surface area contributed by atoms with Crippen molar-refractivity contribution in [1.29, 1.82) is 0 Å². The standard InChI is InChI=1S/C35H40N2O2/c1-28(37(25-30-16-8-4-9-17-30)26-31-18-10-5-11-19-31)24-34(38)36(3)29(2)35(33-22-14-7-15-23-33)39-27-32-20-12-6-13-21-32/h4-23,28-29,35H,24-27H2,1-3H3/t28-,29+,35-/m1/s1. The van der Waals surface area contributed by atoms with Crippen LogP contribution in [0, 0.1) is 0 Å². The Kier molecular flexibility index (Phi) is 10.5. The van der Waals surface area contributed by atoms with E-state index in [1.807, 2.05) is 60.5 Å². The predicted octanol–water partition coefficient (Wildman–Crippen LogP) is 7.27. The van der Waals surface area contributed by atoms with Gasteiger partial charge in [-0.2, -0.15) is 0 Å². The molecule has 3 atom stereocenters.